The van der Waals surface area contributed by atoms with Crippen LogP contribution in [0.15, 0.2) is 56.7 Å². The molecule has 0 saturated heterocycles. The summed E-state index contributed by atoms with van der Waals surface area (Å²) in [4.78, 5) is 19.1. The summed E-state index contributed by atoms with van der Waals surface area (Å²) in [6.07, 6.45) is 3.11. The SMILES string of the molecule is C=N/C=C(/C[C@H](NS(=O)(=O)c1ccc2occc2c1)C(=O)N(CC(C)C)CC(C)C)NC. The predicted octanol–water partition coefficient (Wildman–Crippen LogP) is 3.37. The fourth-order valence-corrected chi connectivity index (χ4v) is 4.68. The van der Waals surface area contributed by atoms with Crippen LogP contribution in [-0.2, 0) is 14.8 Å². The molecule has 1 amide bonds. The maximum atomic E-state index is 13.5. The Balaban J connectivity index is 2.40. The number of carbonyl (C=O) groups is 1. The zero-order chi connectivity index (χ0) is 23.9. The molecule has 2 N–H and O–H groups in total. The Kier molecular flexibility index (Phi) is 9.03. The predicted molar refractivity (Wildman–Crippen MR) is 128 cm³/mol. The Morgan fingerprint density at radius 3 is 2.41 bits per heavy atom. The minimum absolute atomic E-state index is 0.0697. The lowest BCUT2D eigenvalue weighted by molar-refractivity contribution is -0.134. The molecule has 2 rings (SSSR count). The Morgan fingerprint density at radius 1 is 1.19 bits per heavy atom. The molecule has 1 heterocycles. The number of benzene rings is 1. The summed E-state index contributed by atoms with van der Waals surface area (Å²) in [6.45, 7) is 12.6. The van der Waals surface area contributed by atoms with Crippen molar-refractivity contribution in [2.45, 2.75) is 45.1 Å². The van der Waals surface area contributed by atoms with Gasteiger partial charge in [-0.05, 0) is 42.8 Å². The highest BCUT2D eigenvalue weighted by atomic mass is 32.2. The third-order valence-corrected chi connectivity index (χ3v) is 6.27. The summed E-state index contributed by atoms with van der Waals surface area (Å²) in [5.41, 5.74) is 1.19. The van der Waals surface area contributed by atoms with Gasteiger partial charge < -0.3 is 14.6 Å². The monoisotopic (exact) mass is 462 g/mol. The number of rotatable bonds is 12. The van der Waals surface area contributed by atoms with Crippen LogP contribution in [0.2, 0.25) is 0 Å². The van der Waals surface area contributed by atoms with Gasteiger partial charge >= 0.3 is 0 Å². The number of aliphatic imine (C=N–C) groups is 1. The number of nitrogens with one attached hydrogen (secondary N) is 2. The number of fused-ring (bicyclic) bond motifs is 1. The van der Waals surface area contributed by atoms with E-state index in [1.807, 2.05) is 27.7 Å². The first-order valence-corrected chi connectivity index (χ1v) is 12.2. The molecule has 8 nitrogen and oxygen atoms in total. The van der Waals surface area contributed by atoms with E-state index in [0.717, 1.165) is 0 Å². The third-order valence-electron chi connectivity index (χ3n) is 4.80. The molecule has 176 valence electrons. The third kappa shape index (κ3) is 6.93. The first-order chi connectivity index (χ1) is 15.1. The highest BCUT2D eigenvalue weighted by molar-refractivity contribution is 7.89. The van der Waals surface area contributed by atoms with Gasteiger partial charge in [-0.1, -0.05) is 27.7 Å². The second-order valence-electron chi connectivity index (χ2n) is 8.62. The molecule has 0 spiro atoms. The lowest BCUT2D eigenvalue weighted by Crippen LogP contribution is -2.50. The number of nitrogens with zero attached hydrogens (tertiary/aromatic N) is 2. The van der Waals surface area contributed by atoms with Crippen LogP contribution in [0.3, 0.4) is 0 Å². The van der Waals surface area contributed by atoms with E-state index in [2.05, 4.69) is 21.7 Å². The zero-order valence-electron chi connectivity index (χ0n) is 19.5. The van der Waals surface area contributed by atoms with Crippen LogP contribution >= 0.6 is 0 Å². The molecule has 1 aromatic heterocycles. The summed E-state index contributed by atoms with van der Waals surface area (Å²) >= 11 is 0. The Labute approximate surface area is 190 Å². The summed E-state index contributed by atoms with van der Waals surface area (Å²) in [7, 11) is -2.28. The second-order valence-corrected chi connectivity index (χ2v) is 10.3. The minimum Gasteiger partial charge on any atom is -0.464 e. The summed E-state index contributed by atoms with van der Waals surface area (Å²) in [5.74, 6) is 0.214. The Morgan fingerprint density at radius 2 is 1.84 bits per heavy atom. The van der Waals surface area contributed by atoms with Crippen molar-refractivity contribution in [1.82, 2.24) is 14.9 Å². The van der Waals surface area contributed by atoms with Crippen molar-refractivity contribution in [3.63, 3.8) is 0 Å². The molecular formula is C23H34N4O4S. The van der Waals surface area contributed by atoms with E-state index in [9.17, 15) is 13.2 Å². The topological polar surface area (TPSA) is 104 Å². The normalized spacial score (nSPS) is 13.5. The average molecular weight is 463 g/mol. The van der Waals surface area contributed by atoms with E-state index < -0.39 is 16.1 Å². The number of sulfonamides is 1. The molecule has 0 radical (unpaired) electrons. The first-order valence-electron chi connectivity index (χ1n) is 10.7. The molecule has 1 atom stereocenters. The van der Waals surface area contributed by atoms with Crippen molar-refractivity contribution in [2.24, 2.45) is 16.8 Å². The fraction of sp³-hybridized carbons (Fsp3) is 0.478. The lowest BCUT2D eigenvalue weighted by Gasteiger charge is -2.31. The number of amides is 1. The van der Waals surface area contributed by atoms with Gasteiger partial charge in [-0.25, -0.2) is 8.42 Å². The van der Waals surface area contributed by atoms with Crippen LogP contribution in [0, 0.1) is 11.8 Å². The standard InChI is InChI=1S/C23H34N4O4S/c1-16(2)14-27(15-17(3)4)23(28)21(12-19(25-6)13-24-5)26-32(29,30)20-7-8-22-18(11-20)9-10-31-22/h7-11,13,16-17,21,25-26H,5,12,14-15H2,1-4,6H3/b19-13-/t21-/m0/s1. The smallest absolute Gasteiger partial charge is 0.241 e. The number of hydrogen-bond acceptors (Lipinski definition) is 6. The highest BCUT2D eigenvalue weighted by Gasteiger charge is 2.31. The molecule has 0 saturated carbocycles. The van der Waals surface area contributed by atoms with Gasteiger partial charge in [-0.15, -0.1) is 0 Å². The van der Waals surface area contributed by atoms with Gasteiger partial charge in [0.15, 0.2) is 0 Å². The Hall–Kier alpha value is -2.65. The maximum Gasteiger partial charge on any atom is 0.241 e. The van der Waals surface area contributed by atoms with Crippen LogP contribution in [0.1, 0.15) is 34.1 Å². The van der Waals surface area contributed by atoms with Crippen molar-refractivity contribution in [1.29, 1.82) is 0 Å². The number of carbonyl (C=O) groups excluding carboxylic acids is 1. The van der Waals surface area contributed by atoms with Crippen LogP contribution in [-0.4, -0.2) is 52.1 Å². The van der Waals surface area contributed by atoms with E-state index in [0.29, 0.717) is 29.8 Å². The molecule has 0 unspecified atom stereocenters. The van der Waals surface area contributed by atoms with Gasteiger partial charge in [0.2, 0.25) is 15.9 Å². The lowest BCUT2D eigenvalue weighted by atomic mass is 10.1. The van der Waals surface area contributed by atoms with E-state index in [1.165, 1.54) is 24.6 Å². The van der Waals surface area contributed by atoms with Crippen LogP contribution < -0.4 is 10.0 Å². The van der Waals surface area contributed by atoms with Gasteiger partial charge in [0, 0.05) is 43.8 Å². The average Bonchev–Trinajstić information content (AvgIpc) is 3.18. The molecule has 9 heteroatoms. The Bertz CT molecular complexity index is 1050. The van der Waals surface area contributed by atoms with E-state index in [1.54, 1.807) is 24.1 Å². The van der Waals surface area contributed by atoms with Crippen LogP contribution in [0.4, 0.5) is 0 Å². The van der Waals surface area contributed by atoms with Crippen molar-refractivity contribution in [3.05, 3.63) is 42.4 Å². The summed E-state index contributed by atoms with van der Waals surface area (Å²) in [5, 5.41) is 3.63. The molecule has 0 fully saturated rings. The number of hydrogen-bond donors (Lipinski definition) is 2. The van der Waals surface area contributed by atoms with E-state index >= 15 is 0 Å². The molecule has 0 aliphatic rings. The van der Waals surface area contributed by atoms with Gasteiger partial charge in [-0.2, -0.15) is 4.72 Å². The van der Waals surface area contributed by atoms with Crippen LogP contribution in [0.25, 0.3) is 11.0 Å². The molecule has 2 aromatic rings. The molecule has 32 heavy (non-hydrogen) atoms. The molecule has 1 aromatic carbocycles. The highest BCUT2D eigenvalue weighted by Crippen LogP contribution is 2.21. The summed E-state index contributed by atoms with van der Waals surface area (Å²) in [6, 6.07) is 5.30. The molecule has 0 bridgehead atoms. The van der Waals surface area contributed by atoms with Crippen molar-refractivity contribution >= 4 is 33.6 Å². The zero-order valence-corrected chi connectivity index (χ0v) is 20.3. The maximum absolute atomic E-state index is 13.5. The van der Waals surface area contributed by atoms with E-state index in [-0.39, 0.29) is 29.1 Å². The first kappa shape index (κ1) is 25.6. The largest absolute Gasteiger partial charge is 0.464 e. The quantitative estimate of drug-likeness (QED) is 0.471. The minimum atomic E-state index is -3.97. The van der Waals surface area contributed by atoms with Gasteiger partial charge in [0.1, 0.15) is 11.6 Å². The molecule has 0 aliphatic heterocycles. The van der Waals surface area contributed by atoms with Crippen LogP contribution in [0.5, 0.6) is 0 Å². The fourth-order valence-electron chi connectivity index (χ4n) is 3.45. The molecule has 0 aliphatic carbocycles. The van der Waals surface area contributed by atoms with Gasteiger partial charge in [-0.3, -0.25) is 9.79 Å². The van der Waals surface area contributed by atoms with E-state index in [4.69, 9.17) is 4.42 Å². The van der Waals surface area contributed by atoms with Crippen molar-refractivity contribution in [2.75, 3.05) is 20.1 Å². The van der Waals surface area contributed by atoms with Crippen molar-refractivity contribution < 1.29 is 17.6 Å². The molecular weight excluding hydrogens is 428 g/mol. The second kappa shape index (κ2) is 11.3. The number of furan rings is 1. The summed E-state index contributed by atoms with van der Waals surface area (Å²) < 4.78 is 34.4. The van der Waals surface area contributed by atoms with Gasteiger partial charge in [0.25, 0.3) is 0 Å². The van der Waals surface area contributed by atoms with Gasteiger partial charge in [0.05, 0.1) is 11.2 Å². The van der Waals surface area contributed by atoms with Crippen molar-refractivity contribution in [3.8, 4) is 0 Å².